The van der Waals surface area contributed by atoms with E-state index in [1.165, 1.54) is 41.8 Å². The Balaban J connectivity index is 1.85. The van der Waals surface area contributed by atoms with Crippen LogP contribution in [0.25, 0.3) is 10.1 Å². The maximum atomic E-state index is 14.5. The highest BCUT2D eigenvalue weighted by Crippen LogP contribution is 2.56. The summed E-state index contributed by atoms with van der Waals surface area (Å²) in [4.78, 5) is 68.5. The maximum Gasteiger partial charge on any atom is 0.368 e. The van der Waals surface area contributed by atoms with Crippen molar-refractivity contribution >= 4 is 62.6 Å². The lowest BCUT2D eigenvalue weighted by atomic mass is 9.97. The van der Waals surface area contributed by atoms with Crippen LogP contribution in [0.3, 0.4) is 0 Å². The third-order valence-corrected chi connectivity index (χ3v) is 9.04. The summed E-state index contributed by atoms with van der Waals surface area (Å²) in [7, 11) is 0. The van der Waals surface area contributed by atoms with Gasteiger partial charge >= 0.3 is 23.7 Å². The first-order valence-electron chi connectivity index (χ1n) is 11.5. The van der Waals surface area contributed by atoms with Crippen LogP contribution in [-0.2, 0) is 14.4 Å². The lowest BCUT2D eigenvalue weighted by Gasteiger charge is -2.41. The van der Waals surface area contributed by atoms with E-state index in [2.05, 4.69) is 0 Å². The molecule has 0 spiro atoms. The van der Waals surface area contributed by atoms with Crippen molar-refractivity contribution in [2.45, 2.75) is 24.6 Å². The van der Waals surface area contributed by atoms with Crippen molar-refractivity contribution in [2.75, 3.05) is 6.54 Å². The van der Waals surface area contributed by atoms with Gasteiger partial charge in [0, 0.05) is 32.3 Å². The number of carbonyl (C=O) groups excluding carboxylic acids is 3. The number of benzene rings is 2. The second-order valence-electron chi connectivity index (χ2n) is 9.48. The molecule has 0 bridgehead atoms. The summed E-state index contributed by atoms with van der Waals surface area (Å²) >= 11 is 1.98. The van der Waals surface area contributed by atoms with Gasteiger partial charge in [0.1, 0.15) is 34.7 Å². The van der Waals surface area contributed by atoms with Gasteiger partial charge in [0.15, 0.2) is 5.69 Å². The van der Waals surface area contributed by atoms with Crippen LogP contribution in [0.2, 0.25) is 0 Å². The summed E-state index contributed by atoms with van der Waals surface area (Å²) < 4.78 is 11.9. The summed E-state index contributed by atoms with van der Waals surface area (Å²) in [6.45, 7) is 2.50. The van der Waals surface area contributed by atoms with E-state index in [1.807, 2.05) is 0 Å². The summed E-state index contributed by atoms with van der Waals surface area (Å²) in [6.07, 6.45) is 0. The fraction of sp³-hybridized carbons (Fsp3) is 0.192. The molecule has 0 saturated carbocycles. The zero-order valence-corrected chi connectivity index (χ0v) is 22.1. The highest BCUT2D eigenvalue weighted by Gasteiger charge is 2.68. The summed E-state index contributed by atoms with van der Waals surface area (Å²) in [6, 6.07) is 7.16. The molecule has 200 valence electrons. The minimum Gasteiger partial charge on any atom is -0.508 e. The van der Waals surface area contributed by atoms with Gasteiger partial charge in [-0.05, 0) is 44.2 Å². The van der Waals surface area contributed by atoms with Crippen molar-refractivity contribution < 1.29 is 33.8 Å². The van der Waals surface area contributed by atoms with Gasteiger partial charge in [0.25, 0.3) is 0 Å². The SMILES string of the molecule is CC1(C)SC2=C([N+](C(=O)CN)(C(=O)c3csc4ccc(F)cc4c3=O)c3ccc(O)cc3)C(=O)N2C1C(=O)O. The molecule has 1 fully saturated rings. The van der Waals surface area contributed by atoms with Crippen LogP contribution in [0.5, 0.6) is 5.75 Å². The minimum atomic E-state index is -1.44. The highest BCUT2D eigenvalue weighted by atomic mass is 32.2. The molecule has 3 aromatic rings. The average Bonchev–Trinajstić information content (AvgIpc) is 3.14. The van der Waals surface area contributed by atoms with Crippen LogP contribution in [0, 0.1) is 5.82 Å². The van der Waals surface area contributed by atoms with Crippen LogP contribution in [0.15, 0.2) is 63.4 Å². The maximum absolute atomic E-state index is 14.5. The van der Waals surface area contributed by atoms with Gasteiger partial charge < -0.3 is 15.9 Å². The van der Waals surface area contributed by atoms with E-state index in [-0.39, 0.29) is 27.5 Å². The summed E-state index contributed by atoms with van der Waals surface area (Å²) in [5.41, 5.74) is 4.00. The zero-order chi connectivity index (χ0) is 28.4. The van der Waals surface area contributed by atoms with Crippen molar-refractivity contribution in [2.24, 2.45) is 5.73 Å². The van der Waals surface area contributed by atoms with Crippen LogP contribution in [0.1, 0.15) is 24.2 Å². The van der Waals surface area contributed by atoms with E-state index >= 15 is 0 Å². The van der Waals surface area contributed by atoms with E-state index in [9.17, 15) is 38.6 Å². The van der Waals surface area contributed by atoms with E-state index < -0.39 is 62.3 Å². The highest BCUT2D eigenvalue weighted by molar-refractivity contribution is 8.04. The molecule has 5 rings (SSSR count). The van der Waals surface area contributed by atoms with Crippen LogP contribution in [-0.4, -0.2) is 56.1 Å². The number of phenolic OH excluding ortho intramolecular Hbond substituents is 1. The van der Waals surface area contributed by atoms with E-state index in [4.69, 9.17) is 5.73 Å². The number of amides is 3. The topological polar surface area (TPSA) is 155 Å². The molecule has 0 aliphatic carbocycles. The minimum absolute atomic E-state index is 0.0866. The van der Waals surface area contributed by atoms with Crippen molar-refractivity contribution in [1.29, 1.82) is 0 Å². The molecule has 0 radical (unpaired) electrons. The Kier molecular flexibility index (Phi) is 6.22. The van der Waals surface area contributed by atoms with Gasteiger partial charge in [-0.3, -0.25) is 14.5 Å². The number of quaternary nitrogens is 1. The van der Waals surface area contributed by atoms with Crippen LogP contribution >= 0.6 is 23.1 Å². The number of aromatic hydroxyl groups is 1. The second-order valence-corrected chi connectivity index (χ2v) is 12.0. The predicted octanol–water partition coefficient (Wildman–Crippen LogP) is 2.73. The number of halogens is 1. The fourth-order valence-electron chi connectivity index (χ4n) is 4.98. The predicted molar refractivity (Wildman–Crippen MR) is 143 cm³/mol. The van der Waals surface area contributed by atoms with Crippen LogP contribution < -0.4 is 15.6 Å². The number of carboxylic acids is 1. The molecule has 2 atom stereocenters. The molecule has 2 aliphatic heterocycles. The lowest BCUT2D eigenvalue weighted by molar-refractivity contribution is -0.150. The number of hydrogen-bond acceptors (Lipinski definition) is 9. The number of aliphatic carboxylic acids is 1. The molecule has 3 amide bonds. The third-order valence-electron chi connectivity index (χ3n) is 6.74. The van der Waals surface area contributed by atoms with Gasteiger partial charge in [0.2, 0.25) is 11.1 Å². The molecule has 13 heteroatoms. The quantitative estimate of drug-likeness (QED) is 0.393. The van der Waals surface area contributed by atoms with Gasteiger partial charge in [-0.2, -0.15) is 0 Å². The standard InChI is InChI=1S/C26H20FN3O7S2/c1-26(2)21(25(36)37)29-22(34)19(23(29)39-26)30(18(32)10-28,13-4-6-14(31)7-5-13)24(35)16-11-38-17-8-3-12(27)9-15(17)20(16)33/h3-9,11,21H,10,28H2,1-2H3,(H-,31,36,37)/p+1. The number of carbonyl (C=O) groups is 4. The molecule has 10 nitrogen and oxygen atoms in total. The molecule has 1 saturated heterocycles. The molecule has 2 aliphatic rings. The van der Waals surface area contributed by atoms with Crippen molar-refractivity contribution in [3.63, 3.8) is 0 Å². The van der Waals surface area contributed by atoms with Gasteiger partial charge in [0.05, 0.1) is 0 Å². The first-order chi connectivity index (χ1) is 18.4. The molecular weight excluding hydrogens is 549 g/mol. The van der Waals surface area contributed by atoms with E-state index in [0.29, 0.717) is 4.70 Å². The number of phenols is 1. The van der Waals surface area contributed by atoms with E-state index in [0.717, 1.165) is 34.1 Å². The first-order valence-corrected chi connectivity index (χ1v) is 13.2. The second kappa shape index (κ2) is 9.09. The Morgan fingerprint density at radius 3 is 2.41 bits per heavy atom. The van der Waals surface area contributed by atoms with Gasteiger partial charge in [-0.1, -0.05) is 11.8 Å². The number of fused-ring (bicyclic) bond motifs is 2. The van der Waals surface area contributed by atoms with Crippen LogP contribution in [0.4, 0.5) is 10.1 Å². The monoisotopic (exact) mass is 570 g/mol. The number of hydrogen-bond donors (Lipinski definition) is 3. The zero-order valence-electron chi connectivity index (χ0n) is 20.5. The fourth-order valence-corrected chi connectivity index (χ4v) is 7.28. The van der Waals surface area contributed by atoms with Gasteiger partial charge in [-0.15, -0.1) is 15.8 Å². The van der Waals surface area contributed by atoms with E-state index in [1.54, 1.807) is 13.8 Å². The summed E-state index contributed by atoms with van der Waals surface area (Å²) in [5, 5.41) is 21.0. The molecule has 2 aromatic carbocycles. The van der Waals surface area contributed by atoms with Crippen molar-refractivity contribution in [1.82, 2.24) is 9.38 Å². The number of nitrogens with two attached hydrogens (primary N) is 1. The Bertz CT molecular complexity index is 1700. The Morgan fingerprint density at radius 2 is 1.79 bits per heavy atom. The van der Waals surface area contributed by atoms with Crippen molar-refractivity contribution in [3.8, 4) is 5.75 Å². The smallest absolute Gasteiger partial charge is 0.368 e. The number of thioether (sulfide) groups is 1. The average molecular weight is 571 g/mol. The Labute approximate surface area is 228 Å². The normalized spacial score (nSPS) is 19.4. The largest absolute Gasteiger partial charge is 0.508 e. The first kappa shape index (κ1) is 26.7. The number of carboxylic acid groups (broad SMARTS) is 1. The molecule has 4 N–H and O–H groups in total. The molecule has 39 heavy (non-hydrogen) atoms. The number of rotatable bonds is 5. The Hall–Kier alpha value is -3.91. The Morgan fingerprint density at radius 1 is 1.13 bits per heavy atom. The van der Waals surface area contributed by atoms with Crippen molar-refractivity contribution in [3.05, 3.63) is 80.2 Å². The molecule has 1 aromatic heterocycles. The molecule has 3 heterocycles. The lowest BCUT2D eigenvalue weighted by Crippen LogP contribution is -2.68. The molecule has 2 unspecified atom stereocenters. The third kappa shape index (κ3) is 3.72. The number of nitrogens with zero attached hydrogens (tertiary/aromatic N) is 2. The van der Waals surface area contributed by atoms with Gasteiger partial charge in [-0.25, -0.2) is 18.8 Å². The summed E-state index contributed by atoms with van der Waals surface area (Å²) in [5.74, 6) is -5.14. The molecular formula is C26H21FN3O7S2+. The number of imide groups is 1.